The van der Waals surface area contributed by atoms with Crippen LogP contribution in [0.25, 0.3) is 0 Å². The first-order valence-corrected chi connectivity index (χ1v) is 4.80. The molecule has 3 nitrogen and oxygen atoms in total. The van der Waals surface area contributed by atoms with Crippen molar-refractivity contribution in [2.75, 3.05) is 0 Å². The van der Waals surface area contributed by atoms with E-state index in [2.05, 4.69) is 0 Å². The minimum absolute atomic E-state index is 0.1000. The quantitative estimate of drug-likeness (QED) is 0.755. The number of nitrogens with two attached hydrogens (primary N) is 1. The van der Waals surface area contributed by atoms with Gasteiger partial charge in [-0.25, -0.2) is 0 Å². The third-order valence-corrected chi connectivity index (χ3v) is 2.95. The SMILES string of the molecule is Cc1c(CN)sc(=O)n1C(C)C. The van der Waals surface area contributed by atoms with Crippen LogP contribution in [0, 0.1) is 6.92 Å². The molecule has 1 heterocycles. The van der Waals surface area contributed by atoms with Crippen LogP contribution in [0.2, 0.25) is 0 Å². The summed E-state index contributed by atoms with van der Waals surface area (Å²) >= 11 is 1.25. The fraction of sp³-hybridized carbons (Fsp3) is 0.625. The molecule has 0 saturated heterocycles. The van der Waals surface area contributed by atoms with E-state index in [0.717, 1.165) is 10.6 Å². The molecule has 12 heavy (non-hydrogen) atoms. The van der Waals surface area contributed by atoms with E-state index in [-0.39, 0.29) is 10.9 Å². The number of thiazole rings is 1. The highest BCUT2D eigenvalue weighted by molar-refractivity contribution is 7.09. The lowest BCUT2D eigenvalue weighted by Crippen LogP contribution is -2.16. The van der Waals surface area contributed by atoms with Crippen molar-refractivity contribution in [3.8, 4) is 0 Å². The van der Waals surface area contributed by atoms with E-state index in [1.165, 1.54) is 11.3 Å². The largest absolute Gasteiger partial charge is 0.326 e. The van der Waals surface area contributed by atoms with E-state index < -0.39 is 0 Å². The summed E-state index contributed by atoms with van der Waals surface area (Å²) in [6.07, 6.45) is 0. The standard InChI is InChI=1S/C8H14N2OS/c1-5(2)10-6(3)7(4-9)12-8(10)11/h5H,4,9H2,1-3H3. The molecule has 0 saturated carbocycles. The molecule has 0 bridgehead atoms. The van der Waals surface area contributed by atoms with Crippen LogP contribution < -0.4 is 10.6 Å². The van der Waals surface area contributed by atoms with Crippen molar-refractivity contribution >= 4 is 11.3 Å². The van der Waals surface area contributed by atoms with Gasteiger partial charge >= 0.3 is 4.87 Å². The van der Waals surface area contributed by atoms with Gasteiger partial charge in [-0.1, -0.05) is 11.3 Å². The molecule has 0 aromatic carbocycles. The number of nitrogens with zero attached hydrogens (tertiary/aromatic N) is 1. The number of hydrogen-bond acceptors (Lipinski definition) is 3. The van der Waals surface area contributed by atoms with Gasteiger partial charge in [0.05, 0.1) is 0 Å². The normalized spacial score (nSPS) is 11.1. The van der Waals surface area contributed by atoms with Crippen molar-refractivity contribution < 1.29 is 0 Å². The van der Waals surface area contributed by atoms with Crippen molar-refractivity contribution in [2.45, 2.75) is 33.4 Å². The van der Waals surface area contributed by atoms with Gasteiger partial charge in [-0.05, 0) is 20.8 Å². The molecule has 0 unspecified atom stereocenters. The lowest BCUT2D eigenvalue weighted by molar-refractivity contribution is 0.573. The van der Waals surface area contributed by atoms with Crippen molar-refractivity contribution in [2.24, 2.45) is 5.73 Å². The van der Waals surface area contributed by atoms with Crippen molar-refractivity contribution in [1.29, 1.82) is 0 Å². The Hall–Kier alpha value is -0.610. The number of aromatic nitrogens is 1. The zero-order valence-electron chi connectivity index (χ0n) is 7.63. The molecule has 0 aliphatic heterocycles. The summed E-state index contributed by atoms with van der Waals surface area (Å²) in [5, 5.41) is 0. The van der Waals surface area contributed by atoms with E-state index in [1.807, 2.05) is 20.8 Å². The molecule has 1 aromatic heterocycles. The maximum Gasteiger partial charge on any atom is 0.307 e. The summed E-state index contributed by atoms with van der Waals surface area (Å²) < 4.78 is 1.78. The molecule has 0 amide bonds. The van der Waals surface area contributed by atoms with Crippen LogP contribution >= 0.6 is 11.3 Å². The van der Waals surface area contributed by atoms with Gasteiger partial charge in [0.2, 0.25) is 0 Å². The highest BCUT2D eigenvalue weighted by Gasteiger charge is 2.11. The average Bonchev–Trinajstić information content (AvgIpc) is 2.25. The Kier molecular flexibility index (Phi) is 2.69. The Morgan fingerprint density at radius 3 is 2.42 bits per heavy atom. The monoisotopic (exact) mass is 186 g/mol. The van der Waals surface area contributed by atoms with Crippen LogP contribution in [0.4, 0.5) is 0 Å². The first-order valence-electron chi connectivity index (χ1n) is 3.98. The molecule has 0 atom stereocenters. The van der Waals surface area contributed by atoms with Gasteiger partial charge in [0.1, 0.15) is 0 Å². The molecule has 0 fully saturated rings. The van der Waals surface area contributed by atoms with Gasteiger partial charge in [-0.15, -0.1) is 0 Å². The first kappa shape index (κ1) is 9.48. The van der Waals surface area contributed by atoms with Gasteiger partial charge in [0.25, 0.3) is 0 Å². The summed E-state index contributed by atoms with van der Waals surface area (Å²) in [5.41, 5.74) is 6.51. The summed E-state index contributed by atoms with van der Waals surface area (Å²) in [5.74, 6) is 0. The van der Waals surface area contributed by atoms with E-state index in [1.54, 1.807) is 4.57 Å². The highest BCUT2D eigenvalue weighted by Crippen LogP contribution is 2.14. The van der Waals surface area contributed by atoms with Crippen LogP contribution in [-0.2, 0) is 6.54 Å². The molecule has 0 radical (unpaired) electrons. The maximum atomic E-state index is 11.4. The van der Waals surface area contributed by atoms with E-state index in [4.69, 9.17) is 5.73 Å². The molecule has 4 heteroatoms. The molecule has 1 aromatic rings. The third-order valence-electron chi connectivity index (χ3n) is 1.87. The van der Waals surface area contributed by atoms with Crippen molar-refractivity contribution in [1.82, 2.24) is 4.57 Å². The van der Waals surface area contributed by atoms with Crippen molar-refractivity contribution in [3.05, 3.63) is 20.2 Å². The molecule has 68 valence electrons. The van der Waals surface area contributed by atoms with Crippen LogP contribution in [0.15, 0.2) is 4.79 Å². The summed E-state index contributed by atoms with van der Waals surface area (Å²) in [7, 11) is 0. The predicted molar refractivity (Wildman–Crippen MR) is 51.6 cm³/mol. The van der Waals surface area contributed by atoms with Crippen LogP contribution in [-0.4, -0.2) is 4.57 Å². The maximum absolute atomic E-state index is 11.4. The Balaban J connectivity index is 3.28. The number of hydrogen-bond donors (Lipinski definition) is 1. The topological polar surface area (TPSA) is 48.0 Å². The minimum Gasteiger partial charge on any atom is -0.326 e. The Labute approximate surface area is 75.8 Å². The minimum atomic E-state index is 0.1000. The smallest absolute Gasteiger partial charge is 0.307 e. The second-order valence-corrected chi connectivity index (χ2v) is 4.09. The zero-order chi connectivity index (χ0) is 9.30. The van der Waals surface area contributed by atoms with Gasteiger partial charge in [-0.2, -0.15) is 0 Å². The summed E-state index contributed by atoms with van der Waals surface area (Å²) in [6, 6.07) is 0.231. The van der Waals surface area contributed by atoms with Gasteiger partial charge in [0, 0.05) is 23.2 Å². The van der Waals surface area contributed by atoms with Crippen LogP contribution in [0.3, 0.4) is 0 Å². The Bertz CT molecular complexity index is 324. The molecular weight excluding hydrogens is 172 g/mol. The molecule has 0 aliphatic carbocycles. The molecule has 0 spiro atoms. The first-order chi connectivity index (χ1) is 5.57. The molecular formula is C8H14N2OS. The van der Waals surface area contributed by atoms with Gasteiger partial charge < -0.3 is 10.3 Å². The van der Waals surface area contributed by atoms with Crippen LogP contribution in [0.5, 0.6) is 0 Å². The molecule has 0 aliphatic rings. The lowest BCUT2D eigenvalue weighted by atomic mass is 10.3. The second kappa shape index (κ2) is 3.41. The number of rotatable bonds is 2. The predicted octanol–water partition coefficient (Wildman–Crippen LogP) is 1.26. The van der Waals surface area contributed by atoms with Crippen molar-refractivity contribution in [3.63, 3.8) is 0 Å². The van der Waals surface area contributed by atoms with Gasteiger partial charge in [0.15, 0.2) is 0 Å². The van der Waals surface area contributed by atoms with Gasteiger partial charge in [-0.3, -0.25) is 4.79 Å². The fourth-order valence-corrected chi connectivity index (χ4v) is 2.27. The van der Waals surface area contributed by atoms with E-state index >= 15 is 0 Å². The third kappa shape index (κ3) is 1.44. The molecule has 1 rings (SSSR count). The summed E-state index contributed by atoms with van der Waals surface area (Å²) in [6.45, 7) is 6.41. The van der Waals surface area contributed by atoms with Crippen LogP contribution in [0.1, 0.15) is 30.5 Å². The van der Waals surface area contributed by atoms with E-state index in [9.17, 15) is 4.79 Å². The average molecular weight is 186 g/mol. The summed E-state index contributed by atoms with van der Waals surface area (Å²) in [4.78, 5) is 12.5. The molecule has 2 N–H and O–H groups in total. The zero-order valence-corrected chi connectivity index (χ0v) is 8.44. The Morgan fingerprint density at radius 1 is 1.58 bits per heavy atom. The Morgan fingerprint density at radius 2 is 2.17 bits per heavy atom. The lowest BCUT2D eigenvalue weighted by Gasteiger charge is -2.08. The second-order valence-electron chi connectivity index (χ2n) is 3.04. The van der Waals surface area contributed by atoms with E-state index in [0.29, 0.717) is 6.54 Å². The highest BCUT2D eigenvalue weighted by atomic mass is 32.1. The fourth-order valence-electron chi connectivity index (χ4n) is 1.29.